The Bertz CT molecular complexity index is 734. The first-order valence-corrected chi connectivity index (χ1v) is 7.92. The van der Waals surface area contributed by atoms with Crippen LogP contribution in [0, 0.1) is 11.6 Å². The van der Waals surface area contributed by atoms with Gasteiger partial charge in [0, 0.05) is 13.1 Å². The van der Waals surface area contributed by atoms with Crippen molar-refractivity contribution in [3.8, 4) is 6.01 Å². The lowest BCUT2D eigenvalue weighted by atomic mass is 10.1. The fourth-order valence-corrected chi connectivity index (χ4v) is 2.28. The van der Waals surface area contributed by atoms with Gasteiger partial charge in [0.25, 0.3) is 0 Å². The minimum absolute atomic E-state index is 0.00681. The van der Waals surface area contributed by atoms with Crippen molar-refractivity contribution in [1.29, 1.82) is 0 Å². The van der Waals surface area contributed by atoms with Crippen LogP contribution in [0.15, 0.2) is 35.5 Å². The molecule has 3 rings (SSSR count). The van der Waals surface area contributed by atoms with Gasteiger partial charge >= 0.3 is 6.01 Å². The smallest absolute Gasteiger partial charge is 0.319 e. The summed E-state index contributed by atoms with van der Waals surface area (Å²) in [5, 5.41) is 0. The van der Waals surface area contributed by atoms with Crippen LogP contribution >= 0.6 is 0 Å². The predicted molar refractivity (Wildman–Crippen MR) is 88.0 cm³/mol. The molecule has 0 N–H and O–H groups in total. The number of aromatic nitrogens is 2. The Balaban J connectivity index is 1.70. The number of hydrogen-bond donors (Lipinski definition) is 0. The van der Waals surface area contributed by atoms with Gasteiger partial charge in [-0.2, -0.15) is 4.98 Å². The van der Waals surface area contributed by atoms with Gasteiger partial charge in [0.1, 0.15) is 11.9 Å². The van der Waals surface area contributed by atoms with Crippen molar-refractivity contribution in [2.24, 2.45) is 4.99 Å². The van der Waals surface area contributed by atoms with Gasteiger partial charge in [0.05, 0.1) is 25.7 Å². The van der Waals surface area contributed by atoms with Gasteiger partial charge in [-0.15, -0.1) is 0 Å². The van der Waals surface area contributed by atoms with E-state index < -0.39 is 11.9 Å². The van der Waals surface area contributed by atoms with Gasteiger partial charge in [-0.1, -0.05) is 12.1 Å². The molecule has 0 amide bonds. The Morgan fingerprint density at radius 3 is 2.68 bits per heavy atom. The zero-order valence-electron chi connectivity index (χ0n) is 13.7. The highest BCUT2D eigenvalue weighted by molar-refractivity contribution is 5.60. The number of halogens is 2. The van der Waals surface area contributed by atoms with E-state index in [0.717, 1.165) is 11.8 Å². The Kier molecular flexibility index (Phi) is 5.49. The molecule has 6 nitrogen and oxygen atoms in total. The number of rotatable bonds is 5. The number of morpholine rings is 1. The van der Waals surface area contributed by atoms with Gasteiger partial charge < -0.3 is 14.4 Å². The molecule has 2 aromatic rings. The van der Waals surface area contributed by atoms with Gasteiger partial charge in [-0.25, -0.2) is 18.8 Å². The minimum atomic E-state index is -0.633. The van der Waals surface area contributed by atoms with Crippen LogP contribution in [0.5, 0.6) is 6.01 Å². The summed E-state index contributed by atoms with van der Waals surface area (Å²) in [6, 6.07) is 5.92. The van der Waals surface area contributed by atoms with Crippen LogP contribution in [-0.2, 0) is 4.74 Å². The average molecular weight is 348 g/mol. The molecule has 1 aromatic heterocycles. The Morgan fingerprint density at radius 1 is 1.24 bits per heavy atom. The third-order valence-corrected chi connectivity index (χ3v) is 3.71. The van der Waals surface area contributed by atoms with Crippen molar-refractivity contribution in [2.75, 3.05) is 26.3 Å². The van der Waals surface area contributed by atoms with Crippen molar-refractivity contribution in [3.63, 3.8) is 0 Å². The first-order chi connectivity index (χ1) is 12.1. The maximum Gasteiger partial charge on any atom is 0.319 e. The SMILES string of the molecule is CC(Oc1ncc(F)c(/N=C/N2CCOCC2)n1)c1ccc(F)cc1. The highest BCUT2D eigenvalue weighted by atomic mass is 19.1. The highest BCUT2D eigenvalue weighted by Gasteiger charge is 2.13. The van der Waals surface area contributed by atoms with Crippen LogP contribution < -0.4 is 4.74 Å². The second-order valence-corrected chi connectivity index (χ2v) is 5.53. The summed E-state index contributed by atoms with van der Waals surface area (Å²) in [5.74, 6) is -1.05. The Hall–Kier alpha value is -2.61. The summed E-state index contributed by atoms with van der Waals surface area (Å²) in [7, 11) is 0. The lowest BCUT2D eigenvalue weighted by molar-refractivity contribution is 0.0701. The van der Waals surface area contributed by atoms with E-state index in [9.17, 15) is 8.78 Å². The fourth-order valence-electron chi connectivity index (χ4n) is 2.28. The summed E-state index contributed by atoms with van der Waals surface area (Å²) >= 11 is 0. The third kappa shape index (κ3) is 4.69. The van der Waals surface area contributed by atoms with E-state index in [1.807, 2.05) is 4.90 Å². The Morgan fingerprint density at radius 2 is 1.96 bits per heavy atom. The van der Waals surface area contributed by atoms with Crippen molar-refractivity contribution >= 4 is 12.2 Å². The number of nitrogens with zero attached hydrogens (tertiary/aromatic N) is 4. The van der Waals surface area contributed by atoms with E-state index in [4.69, 9.17) is 9.47 Å². The van der Waals surface area contributed by atoms with Crippen LogP contribution in [0.1, 0.15) is 18.6 Å². The topological polar surface area (TPSA) is 59.8 Å². The summed E-state index contributed by atoms with van der Waals surface area (Å²) in [4.78, 5) is 13.8. The molecule has 1 fully saturated rings. The zero-order valence-corrected chi connectivity index (χ0v) is 13.7. The molecule has 2 heterocycles. The molecule has 0 bridgehead atoms. The van der Waals surface area contributed by atoms with Crippen molar-refractivity contribution in [2.45, 2.75) is 13.0 Å². The Labute approximate surface area is 144 Å². The monoisotopic (exact) mass is 348 g/mol. The maximum absolute atomic E-state index is 13.8. The summed E-state index contributed by atoms with van der Waals surface area (Å²) in [6.07, 6.45) is 2.15. The minimum Gasteiger partial charge on any atom is -0.456 e. The molecule has 0 radical (unpaired) electrons. The first-order valence-electron chi connectivity index (χ1n) is 7.92. The normalized spacial score (nSPS) is 16.2. The molecule has 1 saturated heterocycles. The van der Waals surface area contributed by atoms with Gasteiger partial charge in [-0.3, -0.25) is 0 Å². The average Bonchev–Trinajstić information content (AvgIpc) is 2.63. The van der Waals surface area contributed by atoms with Crippen LogP contribution in [0.25, 0.3) is 0 Å². The van der Waals surface area contributed by atoms with E-state index in [1.54, 1.807) is 25.4 Å². The predicted octanol–water partition coefficient (Wildman–Crippen LogP) is 2.89. The van der Waals surface area contributed by atoms with Crippen molar-refractivity contribution in [1.82, 2.24) is 14.9 Å². The van der Waals surface area contributed by atoms with Crippen molar-refractivity contribution < 1.29 is 18.3 Å². The number of benzene rings is 1. The number of hydrogen-bond acceptors (Lipinski definition) is 5. The number of aliphatic imine (C=N–C) groups is 1. The third-order valence-electron chi connectivity index (χ3n) is 3.71. The van der Waals surface area contributed by atoms with Crippen LogP contribution in [0.4, 0.5) is 14.6 Å². The molecule has 1 aliphatic rings. The second kappa shape index (κ2) is 7.98. The summed E-state index contributed by atoms with van der Waals surface area (Å²) < 4.78 is 37.7. The van der Waals surface area contributed by atoms with E-state index in [-0.39, 0.29) is 17.6 Å². The molecular formula is C17H18F2N4O2. The van der Waals surface area contributed by atoms with E-state index in [1.165, 1.54) is 12.1 Å². The summed E-state index contributed by atoms with van der Waals surface area (Å²) in [6.45, 7) is 4.39. The zero-order chi connectivity index (χ0) is 17.6. The van der Waals surface area contributed by atoms with Gasteiger partial charge in [-0.05, 0) is 24.6 Å². The van der Waals surface area contributed by atoms with E-state index in [0.29, 0.717) is 26.3 Å². The molecule has 132 valence electrons. The molecule has 0 saturated carbocycles. The standard InChI is InChI=1S/C17H18F2N4O2/c1-12(13-2-4-14(18)5-3-13)25-17-20-10-15(19)16(22-17)21-11-23-6-8-24-9-7-23/h2-5,10-12H,6-9H2,1H3/b21-11+. The molecule has 1 atom stereocenters. The van der Waals surface area contributed by atoms with E-state index in [2.05, 4.69) is 15.0 Å². The van der Waals surface area contributed by atoms with Gasteiger partial charge in [0.15, 0.2) is 11.6 Å². The lowest BCUT2D eigenvalue weighted by Gasteiger charge is -2.24. The fraction of sp³-hybridized carbons (Fsp3) is 0.353. The maximum atomic E-state index is 13.8. The second-order valence-electron chi connectivity index (χ2n) is 5.53. The van der Waals surface area contributed by atoms with Crippen LogP contribution in [-0.4, -0.2) is 47.5 Å². The molecule has 0 spiro atoms. The van der Waals surface area contributed by atoms with E-state index >= 15 is 0 Å². The van der Waals surface area contributed by atoms with Gasteiger partial charge in [0.2, 0.25) is 0 Å². The molecule has 1 aliphatic heterocycles. The quantitative estimate of drug-likeness (QED) is 0.614. The lowest BCUT2D eigenvalue weighted by Crippen LogP contribution is -2.35. The summed E-state index contributed by atoms with van der Waals surface area (Å²) in [5.41, 5.74) is 0.757. The van der Waals surface area contributed by atoms with Crippen LogP contribution in [0.3, 0.4) is 0 Å². The van der Waals surface area contributed by atoms with Crippen molar-refractivity contribution in [3.05, 3.63) is 47.7 Å². The molecule has 1 aromatic carbocycles. The molecule has 8 heteroatoms. The molecule has 25 heavy (non-hydrogen) atoms. The first kappa shape index (κ1) is 17.2. The highest BCUT2D eigenvalue weighted by Crippen LogP contribution is 2.22. The molecule has 0 aliphatic carbocycles. The molecule has 1 unspecified atom stereocenters. The number of ether oxygens (including phenoxy) is 2. The molecular weight excluding hydrogens is 330 g/mol. The van der Waals surface area contributed by atoms with Crippen LogP contribution in [0.2, 0.25) is 0 Å². The largest absolute Gasteiger partial charge is 0.456 e.